The van der Waals surface area contributed by atoms with Gasteiger partial charge in [0.25, 0.3) is 0 Å². The van der Waals surface area contributed by atoms with Gasteiger partial charge in [-0.1, -0.05) is 72.8 Å². The molecule has 0 saturated carbocycles. The van der Waals surface area contributed by atoms with Gasteiger partial charge in [-0.05, 0) is 28.3 Å². The van der Waals surface area contributed by atoms with Crippen molar-refractivity contribution in [2.24, 2.45) is 0 Å². The van der Waals surface area contributed by atoms with Crippen molar-refractivity contribution in [3.8, 4) is 0 Å². The zero-order chi connectivity index (χ0) is 17.8. The maximum atomic E-state index is 12.7. The number of aryl methyl sites for hydroxylation is 1. The molecule has 3 heteroatoms. The third-order valence-corrected chi connectivity index (χ3v) is 5.03. The molecule has 132 valence electrons. The molecule has 1 fully saturated rings. The van der Waals surface area contributed by atoms with E-state index in [9.17, 15) is 4.79 Å². The average Bonchev–Trinajstić information content (AvgIpc) is 2.72. The second kappa shape index (κ2) is 7.71. The molecular weight excluding hydrogens is 322 g/mol. The monoisotopic (exact) mass is 345 g/mol. The summed E-state index contributed by atoms with van der Waals surface area (Å²) < 4.78 is 5.86. The summed E-state index contributed by atoms with van der Waals surface area (Å²) in [4.78, 5) is 14.6. The number of benzene rings is 3. The van der Waals surface area contributed by atoms with Gasteiger partial charge in [0, 0.05) is 13.0 Å². The van der Waals surface area contributed by atoms with E-state index in [0.717, 1.165) is 12.0 Å². The maximum Gasteiger partial charge on any atom is 0.223 e. The minimum atomic E-state index is -0.0189. The molecule has 1 aliphatic heterocycles. The first-order chi connectivity index (χ1) is 12.8. The van der Waals surface area contributed by atoms with E-state index < -0.39 is 0 Å². The van der Waals surface area contributed by atoms with Gasteiger partial charge in [-0.2, -0.15) is 0 Å². The van der Waals surface area contributed by atoms with Gasteiger partial charge in [-0.15, -0.1) is 0 Å². The van der Waals surface area contributed by atoms with Crippen molar-refractivity contribution in [3.63, 3.8) is 0 Å². The summed E-state index contributed by atoms with van der Waals surface area (Å²) in [5.74, 6) is 0.211. The third kappa shape index (κ3) is 3.78. The summed E-state index contributed by atoms with van der Waals surface area (Å²) in [6.45, 7) is 1.92. The predicted octanol–water partition coefficient (Wildman–Crippen LogP) is 4.37. The highest BCUT2D eigenvalue weighted by Gasteiger charge is 2.24. The molecule has 0 aliphatic carbocycles. The summed E-state index contributed by atoms with van der Waals surface area (Å²) in [6.07, 6.45) is 1.30. The Morgan fingerprint density at radius 1 is 0.962 bits per heavy atom. The Hall–Kier alpha value is -2.65. The number of ether oxygens (including phenoxy) is 1. The van der Waals surface area contributed by atoms with Gasteiger partial charge >= 0.3 is 0 Å². The van der Waals surface area contributed by atoms with E-state index in [2.05, 4.69) is 48.5 Å². The zero-order valence-electron chi connectivity index (χ0n) is 14.8. The van der Waals surface area contributed by atoms with E-state index in [1.807, 2.05) is 29.2 Å². The smallest absolute Gasteiger partial charge is 0.223 e. The molecule has 0 bridgehead atoms. The van der Waals surface area contributed by atoms with E-state index in [1.165, 1.54) is 16.3 Å². The van der Waals surface area contributed by atoms with Crippen LogP contribution in [0.25, 0.3) is 10.8 Å². The van der Waals surface area contributed by atoms with E-state index in [-0.39, 0.29) is 12.0 Å². The quantitative estimate of drug-likeness (QED) is 0.702. The highest BCUT2D eigenvalue weighted by Crippen LogP contribution is 2.23. The molecule has 1 aliphatic rings. The molecule has 1 heterocycles. The fraction of sp³-hybridized carbons (Fsp3) is 0.261. The largest absolute Gasteiger partial charge is 0.370 e. The fourth-order valence-electron chi connectivity index (χ4n) is 3.55. The molecule has 0 spiro atoms. The minimum absolute atomic E-state index is 0.0189. The summed E-state index contributed by atoms with van der Waals surface area (Å²) in [5, 5.41) is 2.47. The van der Waals surface area contributed by atoms with Crippen LogP contribution in [0, 0.1) is 0 Å². The Morgan fingerprint density at radius 3 is 2.58 bits per heavy atom. The number of amides is 1. The number of rotatable bonds is 4. The van der Waals surface area contributed by atoms with Crippen molar-refractivity contribution in [3.05, 3.63) is 83.9 Å². The molecule has 4 rings (SSSR count). The van der Waals surface area contributed by atoms with E-state index in [4.69, 9.17) is 4.74 Å². The molecule has 3 aromatic carbocycles. The molecule has 0 radical (unpaired) electrons. The second-order valence-electron chi connectivity index (χ2n) is 6.79. The number of hydrogen-bond donors (Lipinski definition) is 0. The molecular formula is C23H23NO2. The first-order valence-corrected chi connectivity index (χ1v) is 9.21. The van der Waals surface area contributed by atoms with Gasteiger partial charge in [0.2, 0.25) is 5.91 Å². The van der Waals surface area contributed by atoms with Crippen LogP contribution >= 0.6 is 0 Å². The van der Waals surface area contributed by atoms with Crippen molar-refractivity contribution in [2.45, 2.75) is 18.9 Å². The number of carbonyl (C=O) groups excluding carboxylic acids is 1. The van der Waals surface area contributed by atoms with Crippen LogP contribution in [0.2, 0.25) is 0 Å². The lowest BCUT2D eigenvalue weighted by Crippen LogP contribution is -2.42. The first-order valence-electron chi connectivity index (χ1n) is 9.21. The van der Waals surface area contributed by atoms with Crippen molar-refractivity contribution in [2.75, 3.05) is 19.7 Å². The van der Waals surface area contributed by atoms with Crippen LogP contribution in [0.4, 0.5) is 0 Å². The Morgan fingerprint density at radius 2 is 1.73 bits per heavy atom. The van der Waals surface area contributed by atoms with Crippen molar-refractivity contribution in [1.29, 1.82) is 0 Å². The highest BCUT2D eigenvalue weighted by atomic mass is 16.5. The van der Waals surface area contributed by atoms with Crippen LogP contribution < -0.4 is 0 Å². The van der Waals surface area contributed by atoms with Gasteiger partial charge in [-0.25, -0.2) is 0 Å². The SMILES string of the molecule is O=C(CCc1ccc2ccccc2c1)N1CCO[C@@H](c2ccccc2)C1. The third-order valence-electron chi connectivity index (χ3n) is 5.03. The van der Waals surface area contributed by atoms with Gasteiger partial charge in [0.05, 0.1) is 13.2 Å². The molecule has 0 N–H and O–H groups in total. The first kappa shape index (κ1) is 16.8. The molecule has 1 atom stereocenters. The molecule has 3 nitrogen and oxygen atoms in total. The van der Waals surface area contributed by atoms with Crippen LogP contribution in [0.1, 0.15) is 23.7 Å². The molecule has 1 saturated heterocycles. The Balaban J connectivity index is 1.38. The van der Waals surface area contributed by atoms with Crippen LogP contribution in [-0.2, 0) is 16.0 Å². The fourth-order valence-corrected chi connectivity index (χ4v) is 3.55. The number of hydrogen-bond acceptors (Lipinski definition) is 2. The van der Waals surface area contributed by atoms with Gasteiger partial charge in [0.1, 0.15) is 6.10 Å². The van der Waals surface area contributed by atoms with Crippen molar-refractivity contribution < 1.29 is 9.53 Å². The van der Waals surface area contributed by atoms with E-state index >= 15 is 0 Å². The van der Waals surface area contributed by atoms with Crippen LogP contribution in [0.15, 0.2) is 72.8 Å². The highest BCUT2D eigenvalue weighted by molar-refractivity contribution is 5.83. The van der Waals surface area contributed by atoms with Crippen LogP contribution in [0.5, 0.6) is 0 Å². The summed E-state index contributed by atoms with van der Waals surface area (Å²) >= 11 is 0. The minimum Gasteiger partial charge on any atom is -0.370 e. The molecule has 0 aromatic heterocycles. The Kier molecular flexibility index (Phi) is 4.98. The number of nitrogens with zero attached hydrogens (tertiary/aromatic N) is 1. The standard InChI is InChI=1S/C23H23NO2/c25-23(13-11-18-10-12-19-6-4-5-9-21(19)16-18)24-14-15-26-22(17-24)20-7-2-1-3-8-20/h1-10,12,16,22H,11,13-15,17H2/t22-/m1/s1. The molecule has 1 amide bonds. The van der Waals surface area contributed by atoms with E-state index in [1.54, 1.807) is 0 Å². The lowest BCUT2D eigenvalue weighted by Gasteiger charge is -2.33. The number of fused-ring (bicyclic) bond motifs is 1. The maximum absolute atomic E-state index is 12.7. The lowest BCUT2D eigenvalue weighted by molar-refractivity contribution is -0.139. The molecule has 0 unspecified atom stereocenters. The second-order valence-corrected chi connectivity index (χ2v) is 6.79. The molecule has 26 heavy (non-hydrogen) atoms. The van der Waals surface area contributed by atoms with Crippen molar-refractivity contribution in [1.82, 2.24) is 4.90 Å². The van der Waals surface area contributed by atoms with Crippen molar-refractivity contribution >= 4 is 16.7 Å². The summed E-state index contributed by atoms with van der Waals surface area (Å²) in [7, 11) is 0. The topological polar surface area (TPSA) is 29.5 Å². The Bertz CT molecular complexity index is 891. The van der Waals surface area contributed by atoms with E-state index in [0.29, 0.717) is 26.1 Å². The zero-order valence-corrected chi connectivity index (χ0v) is 14.8. The lowest BCUT2D eigenvalue weighted by atomic mass is 10.0. The normalized spacial score (nSPS) is 17.4. The van der Waals surface area contributed by atoms with Crippen LogP contribution in [0.3, 0.4) is 0 Å². The van der Waals surface area contributed by atoms with Crippen LogP contribution in [-0.4, -0.2) is 30.5 Å². The average molecular weight is 345 g/mol. The van der Waals surface area contributed by atoms with Gasteiger partial charge < -0.3 is 9.64 Å². The predicted molar refractivity (Wildman–Crippen MR) is 104 cm³/mol. The Labute approximate surface area is 154 Å². The van der Waals surface area contributed by atoms with Gasteiger partial charge in [-0.3, -0.25) is 4.79 Å². The van der Waals surface area contributed by atoms with Gasteiger partial charge in [0.15, 0.2) is 0 Å². The summed E-state index contributed by atoms with van der Waals surface area (Å²) in [6, 6.07) is 24.9. The molecule has 3 aromatic rings. The number of carbonyl (C=O) groups is 1. The number of morpholine rings is 1. The summed E-state index contributed by atoms with van der Waals surface area (Å²) in [5.41, 5.74) is 2.35.